The fraction of sp³-hybridized carbons (Fsp3) is 0.292. The van der Waals surface area contributed by atoms with E-state index in [0.29, 0.717) is 41.9 Å². The normalized spacial score (nSPS) is 15.3. The lowest BCUT2D eigenvalue weighted by atomic mass is 10.0. The molecular formula is C24H22F3N5O. The number of benzene rings is 1. The van der Waals surface area contributed by atoms with Gasteiger partial charge in [0.15, 0.2) is 0 Å². The molecule has 0 bridgehead atoms. The summed E-state index contributed by atoms with van der Waals surface area (Å²) < 4.78 is 45.4. The zero-order valence-corrected chi connectivity index (χ0v) is 18.0. The molecule has 1 aromatic carbocycles. The molecule has 0 N–H and O–H groups in total. The highest BCUT2D eigenvalue weighted by atomic mass is 19.4. The Morgan fingerprint density at radius 2 is 1.76 bits per heavy atom. The van der Waals surface area contributed by atoms with Gasteiger partial charge in [-0.25, -0.2) is 9.97 Å². The van der Waals surface area contributed by atoms with Crippen LogP contribution in [0.4, 0.5) is 19.0 Å². The molecule has 33 heavy (non-hydrogen) atoms. The molecule has 0 atom stereocenters. The van der Waals surface area contributed by atoms with Gasteiger partial charge in [-0.1, -0.05) is 35.5 Å². The molecule has 1 fully saturated rings. The van der Waals surface area contributed by atoms with E-state index in [-0.39, 0.29) is 0 Å². The lowest BCUT2D eigenvalue weighted by Crippen LogP contribution is -2.46. The highest BCUT2D eigenvalue weighted by Crippen LogP contribution is 2.36. The molecular weight excluding hydrogens is 431 g/mol. The summed E-state index contributed by atoms with van der Waals surface area (Å²) in [4.78, 5) is 13.1. The van der Waals surface area contributed by atoms with E-state index in [1.165, 1.54) is 6.07 Å². The van der Waals surface area contributed by atoms with Gasteiger partial charge in [0.1, 0.15) is 17.3 Å². The number of hydrogen-bond donors (Lipinski definition) is 0. The maximum Gasteiger partial charge on any atom is 0.433 e. The van der Waals surface area contributed by atoms with E-state index in [4.69, 9.17) is 4.52 Å². The fourth-order valence-corrected chi connectivity index (χ4v) is 4.18. The molecule has 0 spiro atoms. The van der Waals surface area contributed by atoms with Crippen molar-refractivity contribution >= 4 is 16.7 Å². The van der Waals surface area contributed by atoms with Crippen LogP contribution in [0.25, 0.3) is 22.0 Å². The van der Waals surface area contributed by atoms with Gasteiger partial charge in [0.25, 0.3) is 0 Å². The third-order valence-corrected chi connectivity index (χ3v) is 5.82. The van der Waals surface area contributed by atoms with Gasteiger partial charge in [-0.2, -0.15) is 13.2 Å². The number of pyridine rings is 2. The van der Waals surface area contributed by atoms with Crippen molar-refractivity contribution in [2.75, 3.05) is 31.1 Å². The number of anilines is 1. The van der Waals surface area contributed by atoms with Crippen molar-refractivity contribution < 1.29 is 17.7 Å². The number of aryl methyl sites for hydroxylation is 1. The van der Waals surface area contributed by atoms with Crippen molar-refractivity contribution in [1.29, 1.82) is 0 Å². The van der Waals surface area contributed by atoms with E-state index in [9.17, 15) is 13.2 Å². The van der Waals surface area contributed by atoms with Crippen LogP contribution in [-0.4, -0.2) is 46.2 Å². The molecule has 0 saturated carbocycles. The number of aromatic nitrogens is 3. The second kappa shape index (κ2) is 8.47. The van der Waals surface area contributed by atoms with Crippen LogP contribution in [0.2, 0.25) is 0 Å². The van der Waals surface area contributed by atoms with Gasteiger partial charge in [-0.05, 0) is 24.6 Å². The molecule has 0 radical (unpaired) electrons. The lowest BCUT2D eigenvalue weighted by Gasteiger charge is -2.35. The molecule has 9 heteroatoms. The minimum atomic E-state index is -4.52. The Kier molecular flexibility index (Phi) is 5.49. The Labute approximate surface area is 188 Å². The summed E-state index contributed by atoms with van der Waals surface area (Å²) in [6.45, 7) is 5.52. The molecule has 0 aliphatic carbocycles. The van der Waals surface area contributed by atoms with E-state index < -0.39 is 11.9 Å². The zero-order chi connectivity index (χ0) is 23.0. The molecule has 1 aliphatic heterocycles. The molecule has 6 nitrogen and oxygen atoms in total. The first-order chi connectivity index (χ1) is 15.9. The van der Waals surface area contributed by atoms with E-state index in [0.717, 1.165) is 36.2 Å². The monoisotopic (exact) mass is 453 g/mol. The minimum Gasteiger partial charge on any atom is -0.361 e. The van der Waals surface area contributed by atoms with Crippen molar-refractivity contribution in [1.82, 2.24) is 20.0 Å². The minimum absolute atomic E-state index is 0.307. The summed E-state index contributed by atoms with van der Waals surface area (Å²) in [5, 5.41) is 4.67. The van der Waals surface area contributed by atoms with Crippen LogP contribution in [0.5, 0.6) is 0 Å². The Morgan fingerprint density at radius 1 is 1.00 bits per heavy atom. The summed E-state index contributed by atoms with van der Waals surface area (Å²) in [6.07, 6.45) is -2.89. The lowest BCUT2D eigenvalue weighted by molar-refractivity contribution is -0.140. The summed E-state index contributed by atoms with van der Waals surface area (Å²) in [5.74, 6) is 1.44. The highest BCUT2D eigenvalue weighted by molar-refractivity contribution is 5.99. The van der Waals surface area contributed by atoms with Gasteiger partial charge in [0.05, 0.1) is 11.2 Å². The molecule has 3 aromatic heterocycles. The zero-order valence-electron chi connectivity index (χ0n) is 18.0. The van der Waals surface area contributed by atoms with E-state index in [2.05, 4.69) is 24.9 Å². The quantitative estimate of drug-likeness (QED) is 0.437. The fourth-order valence-electron chi connectivity index (χ4n) is 4.18. The van der Waals surface area contributed by atoms with Crippen LogP contribution in [-0.2, 0) is 12.7 Å². The maximum absolute atomic E-state index is 13.4. The number of hydrogen-bond acceptors (Lipinski definition) is 6. The first-order valence-electron chi connectivity index (χ1n) is 10.7. The van der Waals surface area contributed by atoms with Crippen molar-refractivity contribution in [2.45, 2.75) is 19.6 Å². The van der Waals surface area contributed by atoms with Crippen LogP contribution in [0.3, 0.4) is 0 Å². The van der Waals surface area contributed by atoms with E-state index in [1.807, 2.05) is 43.3 Å². The second-order valence-corrected chi connectivity index (χ2v) is 8.14. The first kappa shape index (κ1) is 21.4. The van der Waals surface area contributed by atoms with Gasteiger partial charge in [0, 0.05) is 55.9 Å². The number of nitrogens with zero attached hydrogens (tertiary/aromatic N) is 5. The number of piperazine rings is 1. The van der Waals surface area contributed by atoms with Crippen LogP contribution >= 0.6 is 0 Å². The van der Waals surface area contributed by atoms with Gasteiger partial charge in [0.2, 0.25) is 0 Å². The molecule has 4 aromatic rings. The number of halogens is 3. The molecule has 4 heterocycles. The SMILES string of the molecule is Cc1cc(CN2CCN(c3ncc(-c4ccccc4)c4nc(C(F)(F)F)ccc34)CC2)no1. The van der Waals surface area contributed by atoms with Crippen molar-refractivity contribution in [3.63, 3.8) is 0 Å². The van der Waals surface area contributed by atoms with Gasteiger partial charge < -0.3 is 9.42 Å². The third-order valence-electron chi connectivity index (χ3n) is 5.82. The summed E-state index contributed by atoms with van der Waals surface area (Å²) >= 11 is 0. The molecule has 1 saturated heterocycles. The molecule has 0 amide bonds. The maximum atomic E-state index is 13.4. The second-order valence-electron chi connectivity index (χ2n) is 8.14. The summed E-state index contributed by atoms with van der Waals surface area (Å²) in [5.41, 5.74) is 1.65. The highest BCUT2D eigenvalue weighted by Gasteiger charge is 2.33. The van der Waals surface area contributed by atoms with E-state index >= 15 is 0 Å². The van der Waals surface area contributed by atoms with Crippen LogP contribution in [0.1, 0.15) is 17.1 Å². The standard InChI is InChI=1S/C24H22F3N5O/c1-16-13-18(30-33-16)15-31-9-11-32(12-10-31)23-19-7-8-21(24(25,26)27)29-22(19)20(14-28-23)17-5-3-2-4-6-17/h2-8,13-14H,9-12,15H2,1H3. The van der Waals surface area contributed by atoms with Gasteiger partial charge in [-0.15, -0.1) is 0 Å². The van der Waals surface area contributed by atoms with E-state index in [1.54, 1.807) is 6.20 Å². The average Bonchev–Trinajstić information content (AvgIpc) is 3.23. The first-order valence-corrected chi connectivity index (χ1v) is 10.7. The number of rotatable bonds is 4. The van der Waals surface area contributed by atoms with Crippen LogP contribution < -0.4 is 4.90 Å². The Balaban J connectivity index is 1.46. The molecule has 0 unspecified atom stereocenters. The Morgan fingerprint density at radius 3 is 2.42 bits per heavy atom. The van der Waals surface area contributed by atoms with Crippen molar-refractivity contribution in [3.8, 4) is 11.1 Å². The van der Waals surface area contributed by atoms with Crippen LogP contribution in [0.15, 0.2) is 59.3 Å². The Hall–Kier alpha value is -3.46. The van der Waals surface area contributed by atoms with Gasteiger partial charge in [-0.3, -0.25) is 4.90 Å². The molecule has 1 aliphatic rings. The predicted molar refractivity (Wildman–Crippen MR) is 119 cm³/mol. The summed E-state index contributed by atoms with van der Waals surface area (Å²) in [7, 11) is 0. The van der Waals surface area contributed by atoms with Gasteiger partial charge >= 0.3 is 6.18 Å². The molecule has 5 rings (SSSR count). The molecule has 170 valence electrons. The van der Waals surface area contributed by atoms with Crippen molar-refractivity contribution in [3.05, 3.63) is 71.9 Å². The number of alkyl halides is 3. The third kappa shape index (κ3) is 4.41. The largest absolute Gasteiger partial charge is 0.433 e. The summed E-state index contributed by atoms with van der Waals surface area (Å²) in [6, 6.07) is 13.7. The predicted octanol–water partition coefficient (Wildman–Crippen LogP) is 4.93. The number of fused-ring (bicyclic) bond motifs is 1. The smallest absolute Gasteiger partial charge is 0.361 e. The average molecular weight is 453 g/mol. The topological polar surface area (TPSA) is 58.3 Å². The Bertz CT molecular complexity index is 1260. The van der Waals surface area contributed by atoms with Crippen LogP contribution in [0, 0.1) is 6.92 Å². The van der Waals surface area contributed by atoms with Crippen molar-refractivity contribution in [2.24, 2.45) is 0 Å².